The van der Waals surface area contributed by atoms with Crippen molar-refractivity contribution in [3.8, 4) is 0 Å². The number of amides is 1. The van der Waals surface area contributed by atoms with E-state index in [1.807, 2.05) is 4.90 Å². The number of nitrogens with zero attached hydrogens (tertiary/aromatic N) is 1. The van der Waals surface area contributed by atoms with Crippen LogP contribution in [0.3, 0.4) is 0 Å². The molecule has 17 heavy (non-hydrogen) atoms. The highest BCUT2D eigenvalue weighted by molar-refractivity contribution is 5.76. The summed E-state index contributed by atoms with van der Waals surface area (Å²) >= 11 is 0. The first-order valence-electron chi connectivity index (χ1n) is 6.75. The van der Waals surface area contributed by atoms with Crippen LogP contribution in [0.4, 0.5) is 0 Å². The third-order valence-electron chi connectivity index (χ3n) is 3.25. The fraction of sp³-hybridized carbons (Fsp3) is 0.923. The van der Waals surface area contributed by atoms with Crippen LogP contribution >= 0.6 is 0 Å². The molecule has 1 aliphatic heterocycles. The van der Waals surface area contributed by atoms with Gasteiger partial charge in [-0.25, -0.2) is 0 Å². The Balaban J connectivity index is 2.18. The van der Waals surface area contributed by atoms with Crippen molar-refractivity contribution >= 4 is 5.91 Å². The van der Waals surface area contributed by atoms with E-state index in [1.165, 1.54) is 0 Å². The molecule has 0 saturated carbocycles. The zero-order valence-electron chi connectivity index (χ0n) is 11.1. The molecule has 1 fully saturated rings. The number of likely N-dealkylation sites (tertiary alicyclic amines) is 1. The van der Waals surface area contributed by atoms with Crippen molar-refractivity contribution in [1.82, 2.24) is 10.2 Å². The summed E-state index contributed by atoms with van der Waals surface area (Å²) in [5, 5.41) is 12.4. The number of rotatable bonds is 6. The summed E-state index contributed by atoms with van der Waals surface area (Å²) in [6.45, 7) is 6.94. The van der Waals surface area contributed by atoms with Crippen molar-refractivity contribution in [2.75, 3.05) is 26.2 Å². The molecule has 0 aromatic carbocycles. The Labute approximate surface area is 104 Å². The average Bonchev–Trinajstić information content (AvgIpc) is 2.34. The van der Waals surface area contributed by atoms with Gasteiger partial charge < -0.3 is 15.3 Å². The van der Waals surface area contributed by atoms with Crippen molar-refractivity contribution in [1.29, 1.82) is 0 Å². The Kier molecular flexibility index (Phi) is 6.52. The molecule has 0 bridgehead atoms. The third-order valence-corrected chi connectivity index (χ3v) is 3.25. The average molecular weight is 242 g/mol. The molecule has 2 N–H and O–H groups in total. The van der Waals surface area contributed by atoms with Gasteiger partial charge in [-0.3, -0.25) is 4.79 Å². The molecule has 1 saturated heterocycles. The van der Waals surface area contributed by atoms with E-state index in [0.29, 0.717) is 18.4 Å². The van der Waals surface area contributed by atoms with Crippen LogP contribution in [-0.2, 0) is 4.79 Å². The van der Waals surface area contributed by atoms with Gasteiger partial charge in [0.15, 0.2) is 0 Å². The maximum Gasteiger partial charge on any atom is 0.222 e. The fourth-order valence-corrected chi connectivity index (χ4v) is 2.23. The van der Waals surface area contributed by atoms with Gasteiger partial charge >= 0.3 is 0 Å². The van der Waals surface area contributed by atoms with Crippen LogP contribution in [0, 0.1) is 5.92 Å². The second-order valence-electron chi connectivity index (χ2n) is 5.24. The fourth-order valence-electron chi connectivity index (χ4n) is 2.23. The molecule has 1 unspecified atom stereocenters. The maximum absolute atomic E-state index is 11.9. The predicted molar refractivity (Wildman–Crippen MR) is 68.8 cm³/mol. The smallest absolute Gasteiger partial charge is 0.222 e. The second-order valence-corrected chi connectivity index (χ2v) is 5.24. The minimum atomic E-state index is 0.207. The lowest BCUT2D eigenvalue weighted by Gasteiger charge is -2.32. The topological polar surface area (TPSA) is 52.6 Å². The summed E-state index contributed by atoms with van der Waals surface area (Å²) in [5.74, 6) is 0.537. The predicted octanol–water partition coefficient (Wildman–Crippen LogP) is 0.995. The van der Waals surface area contributed by atoms with Crippen LogP contribution in [-0.4, -0.2) is 48.2 Å². The molecule has 0 aromatic rings. The third kappa shape index (κ3) is 5.50. The van der Waals surface area contributed by atoms with E-state index in [-0.39, 0.29) is 12.5 Å². The number of nitrogens with one attached hydrogen (secondary N) is 1. The Hall–Kier alpha value is -0.610. The van der Waals surface area contributed by atoms with Gasteiger partial charge in [-0.1, -0.05) is 13.8 Å². The molecular formula is C13H26N2O2. The standard InChI is InChI=1S/C13H26N2O2/c1-11(2)14-7-3-6-13(17)15-8-4-5-12(9-15)10-16/h11-12,14,16H,3-10H2,1-2H3. The van der Waals surface area contributed by atoms with E-state index in [2.05, 4.69) is 19.2 Å². The summed E-state index contributed by atoms with van der Waals surface area (Å²) < 4.78 is 0. The van der Waals surface area contributed by atoms with Crippen molar-refractivity contribution < 1.29 is 9.90 Å². The van der Waals surface area contributed by atoms with E-state index in [4.69, 9.17) is 5.11 Å². The van der Waals surface area contributed by atoms with Crippen molar-refractivity contribution in [3.63, 3.8) is 0 Å². The lowest BCUT2D eigenvalue weighted by atomic mass is 9.99. The molecule has 100 valence electrons. The van der Waals surface area contributed by atoms with Gasteiger partial charge in [0.05, 0.1) is 0 Å². The van der Waals surface area contributed by atoms with Crippen molar-refractivity contribution in [3.05, 3.63) is 0 Å². The van der Waals surface area contributed by atoms with Gasteiger partial charge in [0, 0.05) is 32.2 Å². The number of carbonyl (C=O) groups is 1. The molecule has 0 radical (unpaired) electrons. The van der Waals surface area contributed by atoms with E-state index < -0.39 is 0 Å². The molecule has 1 heterocycles. The summed E-state index contributed by atoms with van der Waals surface area (Å²) in [4.78, 5) is 13.8. The zero-order chi connectivity index (χ0) is 12.7. The lowest BCUT2D eigenvalue weighted by molar-refractivity contribution is -0.133. The quantitative estimate of drug-likeness (QED) is 0.683. The monoisotopic (exact) mass is 242 g/mol. The van der Waals surface area contributed by atoms with Crippen LogP contribution in [0.25, 0.3) is 0 Å². The maximum atomic E-state index is 11.9. The Morgan fingerprint density at radius 2 is 2.29 bits per heavy atom. The molecule has 0 aliphatic carbocycles. The van der Waals surface area contributed by atoms with Crippen LogP contribution in [0.15, 0.2) is 0 Å². The van der Waals surface area contributed by atoms with E-state index in [9.17, 15) is 4.79 Å². The van der Waals surface area contributed by atoms with Gasteiger partial charge in [0.1, 0.15) is 0 Å². The first-order chi connectivity index (χ1) is 8.13. The van der Waals surface area contributed by atoms with Crippen molar-refractivity contribution in [2.24, 2.45) is 5.92 Å². The normalized spacial score (nSPS) is 20.9. The number of hydrogen-bond donors (Lipinski definition) is 2. The van der Waals surface area contributed by atoms with E-state index in [1.54, 1.807) is 0 Å². The first kappa shape index (κ1) is 14.5. The number of carbonyl (C=O) groups excluding carboxylic acids is 1. The minimum Gasteiger partial charge on any atom is -0.396 e. The van der Waals surface area contributed by atoms with E-state index in [0.717, 1.165) is 38.9 Å². The van der Waals surface area contributed by atoms with Crippen LogP contribution in [0.2, 0.25) is 0 Å². The Morgan fingerprint density at radius 1 is 1.53 bits per heavy atom. The number of aliphatic hydroxyl groups is 1. The lowest BCUT2D eigenvalue weighted by Crippen LogP contribution is -2.41. The Morgan fingerprint density at radius 3 is 2.94 bits per heavy atom. The van der Waals surface area contributed by atoms with Crippen LogP contribution < -0.4 is 5.32 Å². The molecule has 0 spiro atoms. The second kappa shape index (κ2) is 7.67. The molecular weight excluding hydrogens is 216 g/mol. The first-order valence-corrected chi connectivity index (χ1v) is 6.75. The largest absolute Gasteiger partial charge is 0.396 e. The molecule has 4 heteroatoms. The molecule has 1 atom stereocenters. The number of aliphatic hydroxyl groups excluding tert-OH is 1. The SMILES string of the molecule is CC(C)NCCCC(=O)N1CCCC(CO)C1. The Bertz CT molecular complexity index is 231. The van der Waals surface area contributed by atoms with Gasteiger partial charge in [-0.15, -0.1) is 0 Å². The highest BCUT2D eigenvalue weighted by Crippen LogP contribution is 2.16. The molecule has 4 nitrogen and oxygen atoms in total. The molecule has 0 aromatic heterocycles. The van der Waals surface area contributed by atoms with Crippen molar-refractivity contribution in [2.45, 2.75) is 45.6 Å². The number of hydrogen-bond acceptors (Lipinski definition) is 3. The molecule has 1 aliphatic rings. The summed E-state index contributed by atoms with van der Waals surface area (Å²) in [6, 6.07) is 0.485. The van der Waals surface area contributed by atoms with Crippen LogP contribution in [0.5, 0.6) is 0 Å². The zero-order valence-corrected chi connectivity index (χ0v) is 11.1. The van der Waals surface area contributed by atoms with Gasteiger partial charge in [-0.2, -0.15) is 0 Å². The van der Waals surface area contributed by atoms with Crippen LogP contribution in [0.1, 0.15) is 39.5 Å². The number of piperidine rings is 1. The van der Waals surface area contributed by atoms with Gasteiger partial charge in [0.2, 0.25) is 5.91 Å². The minimum absolute atomic E-state index is 0.207. The molecule has 1 amide bonds. The van der Waals surface area contributed by atoms with Gasteiger partial charge in [0.25, 0.3) is 0 Å². The van der Waals surface area contributed by atoms with Gasteiger partial charge in [-0.05, 0) is 31.7 Å². The summed E-state index contributed by atoms with van der Waals surface area (Å²) in [5.41, 5.74) is 0. The van der Waals surface area contributed by atoms with E-state index >= 15 is 0 Å². The highest BCUT2D eigenvalue weighted by atomic mass is 16.3. The highest BCUT2D eigenvalue weighted by Gasteiger charge is 2.22. The summed E-state index contributed by atoms with van der Waals surface area (Å²) in [6.07, 6.45) is 3.60. The molecule has 1 rings (SSSR count). The summed E-state index contributed by atoms with van der Waals surface area (Å²) in [7, 11) is 0.